The summed E-state index contributed by atoms with van der Waals surface area (Å²) < 4.78 is 25.8. The van der Waals surface area contributed by atoms with Crippen LogP contribution in [-0.2, 0) is 0 Å². The van der Waals surface area contributed by atoms with Crippen molar-refractivity contribution in [3.8, 4) is 0 Å². The normalized spacial score (nSPS) is 12.5. The average Bonchev–Trinajstić information content (AvgIpc) is 2.86. The topological polar surface area (TPSA) is 69.8 Å². The molecule has 2 rings (SSSR count). The summed E-state index contributed by atoms with van der Waals surface area (Å²) in [5, 5.41) is 11.3. The number of nitrogens with one attached hydrogen (secondary N) is 3. The molecule has 0 radical (unpaired) electrons. The number of nitrogens with zero attached hydrogens (tertiary/aromatic N) is 1. The second-order valence-electron chi connectivity index (χ2n) is 5.64. The van der Waals surface area contributed by atoms with Crippen molar-refractivity contribution in [2.75, 3.05) is 5.32 Å². The van der Waals surface area contributed by atoms with Crippen LogP contribution in [0.25, 0.3) is 0 Å². The van der Waals surface area contributed by atoms with E-state index in [1.165, 1.54) is 0 Å². The lowest BCUT2D eigenvalue weighted by molar-refractivity contribution is 0.146. The zero-order chi connectivity index (χ0) is 17.0. The van der Waals surface area contributed by atoms with E-state index in [9.17, 15) is 13.6 Å². The zero-order valence-electron chi connectivity index (χ0n) is 13.2. The van der Waals surface area contributed by atoms with Crippen molar-refractivity contribution in [1.29, 1.82) is 0 Å². The number of urea groups is 1. The summed E-state index contributed by atoms with van der Waals surface area (Å²) in [6.07, 6.45) is -2.76. The molecule has 0 fully saturated rings. The van der Waals surface area contributed by atoms with Crippen LogP contribution in [0.4, 0.5) is 19.3 Å². The number of aromatic nitrogens is 2. The largest absolute Gasteiger partial charge is 0.331 e. The van der Waals surface area contributed by atoms with E-state index in [0.717, 1.165) is 5.56 Å². The molecule has 0 aliphatic heterocycles. The van der Waals surface area contributed by atoms with Crippen molar-refractivity contribution in [2.45, 2.75) is 33.2 Å². The number of rotatable bonds is 5. The first-order chi connectivity index (χ1) is 10.9. The lowest BCUT2D eigenvalue weighted by Gasteiger charge is -2.23. The van der Waals surface area contributed by atoms with Crippen molar-refractivity contribution in [3.63, 3.8) is 0 Å². The van der Waals surface area contributed by atoms with E-state index in [2.05, 4.69) is 20.8 Å². The third kappa shape index (κ3) is 4.06. The molecule has 5 nitrogen and oxygen atoms in total. The highest BCUT2D eigenvalue weighted by Crippen LogP contribution is 2.28. The molecule has 1 aromatic carbocycles. The molecule has 1 atom stereocenters. The van der Waals surface area contributed by atoms with E-state index in [4.69, 9.17) is 0 Å². The van der Waals surface area contributed by atoms with Crippen LogP contribution >= 0.6 is 0 Å². The summed E-state index contributed by atoms with van der Waals surface area (Å²) in [4.78, 5) is 12.2. The van der Waals surface area contributed by atoms with Gasteiger partial charge in [-0.3, -0.25) is 5.10 Å². The minimum absolute atomic E-state index is 0.0214. The first kappa shape index (κ1) is 16.9. The van der Waals surface area contributed by atoms with Crippen LogP contribution in [-0.4, -0.2) is 16.2 Å². The van der Waals surface area contributed by atoms with Crippen molar-refractivity contribution in [3.05, 3.63) is 47.3 Å². The fourth-order valence-electron chi connectivity index (χ4n) is 2.35. The van der Waals surface area contributed by atoms with Crippen LogP contribution in [0.1, 0.15) is 43.3 Å². The first-order valence-corrected chi connectivity index (χ1v) is 7.35. The summed E-state index contributed by atoms with van der Waals surface area (Å²) >= 11 is 0. The molecule has 23 heavy (non-hydrogen) atoms. The number of aryl methyl sites for hydroxylation is 1. The summed E-state index contributed by atoms with van der Waals surface area (Å²) in [6, 6.07) is 8.73. The Morgan fingerprint density at radius 3 is 2.43 bits per heavy atom. The third-order valence-corrected chi connectivity index (χ3v) is 3.53. The Morgan fingerprint density at radius 2 is 1.87 bits per heavy atom. The molecule has 0 aliphatic rings. The Kier molecular flexibility index (Phi) is 5.31. The predicted octanol–water partition coefficient (Wildman–Crippen LogP) is 4.17. The summed E-state index contributed by atoms with van der Waals surface area (Å²) in [7, 11) is 0. The van der Waals surface area contributed by atoms with Gasteiger partial charge in [0.2, 0.25) is 0 Å². The molecule has 3 N–H and O–H groups in total. The SMILES string of the molecule is Cc1[nH]nc(C(F)F)c1NC(=O)N[C@@H](c1ccccc1)C(C)C. The molecule has 0 saturated heterocycles. The highest BCUT2D eigenvalue weighted by atomic mass is 19.3. The van der Waals surface area contributed by atoms with Crippen LogP contribution in [0.3, 0.4) is 0 Å². The van der Waals surface area contributed by atoms with Gasteiger partial charge in [-0.2, -0.15) is 5.10 Å². The number of alkyl halides is 2. The highest BCUT2D eigenvalue weighted by Gasteiger charge is 2.23. The number of anilines is 1. The third-order valence-electron chi connectivity index (χ3n) is 3.53. The van der Waals surface area contributed by atoms with Crippen molar-refractivity contribution >= 4 is 11.7 Å². The molecule has 1 aromatic heterocycles. The number of hydrogen-bond acceptors (Lipinski definition) is 2. The Bertz CT molecular complexity index is 655. The maximum atomic E-state index is 12.9. The van der Waals surface area contributed by atoms with Gasteiger partial charge < -0.3 is 10.6 Å². The highest BCUT2D eigenvalue weighted by molar-refractivity contribution is 5.90. The van der Waals surface area contributed by atoms with Gasteiger partial charge in [0, 0.05) is 0 Å². The Labute approximate surface area is 133 Å². The van der Waals surface area contributed by atoms with E-state index < -0.39 is 18.2 Å². The summed E-state index contributed by atoms with van der Waals surface area (Å²) in [5.41, 5.74) is 0.901. The number of amides is 2. The van der Waals surface area contributed by atoms with Gasteiger partial charge in [-0.1, -0.05) is 44.2 Å². The Morgan fingerprint density at radius 1 is 1.22 bits per heavy atom. The van der Waals surface area contributed by atoms with Gasteiger partial charge in [0.1, 0.15) is 0 Å². The number of carbonyl (C=O) groups is 1. The molecule has 0 saturated carbocycles. The quantitative estimate of drug-likeness (QED) is 0.773. The number of hydrogen-bond donors (Lipinski definition) is 3. The minimum atomic E-state index is -2.76. The van der Waals surface area contributed by atoms with E-state index in [0.29, 0.717) is 5.69 Å². The van der Waals surface area contributed by atoms with Gasteiger partial charge in [-0.15, -0.1) is 0 Å². The second-order valence-corrected chi connectivity index (χ2v) is 5.64. The number of H-pyrrole nitrogens is 1. The molecule has 124 valence electrons. The Hall–Kier alpha value is -2.44. The molecule has 2 aromatic rings. The molecule has 0 spiro atoms. The molecule has 1 heterocycles. The van der Waals surface area contributed by atoms with Crippen molar-refractivity contribution in [1.82, 2.24) is 15.5 Å². The van der Waals surface area contributed by atoms with Crippen LogP contribution in [0, 0.1) is 12.8 Å². The van der Waals surface area contributed by atoms with Crippen LogP contribution in [0.2, 0.25) is 0 Å². The van der Waals surface area contributed by atoms with E-state index in [1.54, 1.807) is 6.92 Å². The molecule has 7 heteroatoms. The van der Waals surface area contributed by atoms with Gasteiger partial charge in [0.25, 0.3) is 6.43 Å². The van der Waals surface area contributed by atoms with Crippen LogP contribution in [0.5, 0.6) is 0 Å². The smallest absolute Gasteiger partial charge is 0.319 e. The molecule has 0 bridgehead atoms. The Balaban J connectivity index is 2.13. The second kappa shape index (κ2) is 7.21. The molecular formula is C16H20F2N4O. The number of halogens is 2. The molecule has 2 amide bonds. The summed E-state index contributed by atoms with van der Waals surface area (Å²) in [6.45, 7) is 5.53. The maximum absolute atomic E-state index is 12.9. The molecule has 0 aliphatic carbocycles. The van der Waals surface area contributed by atoms with Crippen molar-refractivity contribution in [2.24, 2.45) is 5.92 Å². The van der Waals surface area contributed by atoms with Gasteiger partial charge in [0.15, 0.2) is 5.69 Å². The van der Waals surface area contributed by atoms with E-state index in [-0.39, 0.29) is 17.6 Å². The molecular weight excluding hydrogens is 302 g/mol. The van der Waals surface area contributed by atoms with Gasteiger partial charge in [0.05, 0.1) is 17.4 Å². The predicted molar refractivity (Wildman–Crippen MR) is 84.5 cm³/mol. The number of benzene rings is 1. The van der Waals surface area contributed by atoms with E-state index >= 15 is 0 Å². The van der Waals surface area contributed by atoms with Gasteiger partial charge in [-0.05, 0) is 18.4 Å². The summed E-state index contributed by atoms with van der Waals surface area (Å²) in [5.74, 6) is 0.142. The van der Waals surface area contributed by atoms with E-state index in [1.807, 2.05) is 44.2 Å². The standard InChI is InChI=1S/C16H20F2N4O/c1-9(2)12(11-7-5-4-6-8-11)19-16(23)20-13-10(3)21-22-14(13)15(17)18/h4-9,12,15H,1-3H3,(H,21,22)(H2,19,20,23)/t12-/m1/s1. The lowest BCUT2D eigenvalue weighted by atomic mass is 9.96. The van der Waals surface area contributed by atoms with Crippen LogP contribution < -0.4 is 10.6 Å². The average molecular weight is 322 g/mol. The molecule has 0 unspecified atom stereocenters. The van der Waals surface area contributed by atoms with Gasteiger partial charge >= 0.3 is 6.03 Å². The number of aromatic amines is 1. The minimum Gasteiger partial charge on any atom is -0.331 e. The fourth-order valence-corrected chi connectivity index (χ4v) is 2.35. The fraction of sp³-hybridized carbons (Fsp3) is 0.375. The first-order valence-electron chi connectivity index (χ1n) is 7.35. The van der Waals surface area contributed by atoms with Gasteiger partial charge in [-0.25, -0.2) is 13.6 Å². The van der Waals surface area contributed by atoms with Crippen LogP contribution in [0.15, 0.2) is 30.3 Å². The lowest BCUT2D eigenvalue weighted by Crippen LogP contribution is -2.35. The number of carbonyl (C=O) groups excluding carboxylic acids is 1. The maximum Gasteiger partial charge on any atom is 0.319 e. The monoisotopic (exact) mass is 322 g/mol. The van der Waals surface area contributed by atoms with Crippen molar-refractivity contribution < 1.29 is 13.6 Å². The zero-order valence-corrected chi connectivity index (χ0v) is 13.2.